The molecule has 0 aromatic rings. The number of urea groups is 1. The Labute approximate surface area is 116 Å². The smallest absolute Gasteiger partial charge is 0.326 e. The normalized spacial score (nSPS) is 31.2. The van der Waals surface area contributed by atoms with Crippen LogP contribution in [-0.2, 0) is 4.79 Å². The Bertz CT molecular complexity index is 347. The summed E-state index contributed by atoms with van der Waals surface area (Å²) in [6.07, 6.45) is 2.88. The van der Waals surface area contributed by atoms with Crippen molar-refractivity contribution in [3.05, 3.63) is 0 Å². The van der Waals surface area contributed by atoms with Crippen molar-refractivity contribution in [3.8, 4) is 0 Å². The minimum Gasteiger partial charge on any atom is -0.480 e. The molecule has 2 amide bonds. The van der Waals surface area contributed by atoms with E-state index in [-0.39, 0.29) is 19.0 Å². The van der Waals surface area contributed by atoms with Crippen molar-refractivity contribution in [2.45, 2.75) is 43.1 Å². The summed E-state index contributed by atoms with van der Waals surface area (Å²) in [5, 5.41) is 21.7. The van der Waals surface area contributed by atoms with Gasteiger partial charge in [-0.3, -0.25) is 0 Å². The van der Waals surface area contributed by atoms with Gasteiger partial charge in [-0.1, -0.05) is 6.42 Å². The average Bonchev–Trinajstić information content (AvgIpc) is 2.79. The molecule has 6 nitrogen and oxygen atoms in total. The molecule has 2 aliphatic heterocycles. The van der Waals surface area contributed by atoms with E-state index in [0.29, 0.717) is 11.8 Å². The Kier molecular flexibility index (Phi) is 4.93. The number of aliphatic hydroxyl groups is 1. The first-order chi connectivity index (χ1) is 9.08. The third-order valence-corrected chi connectivity index (χ3v) is 4.98. The van der Waals surface area contributed by atoms with Crippen molar-refractivity contribution >= 4 is 23.8 Å². The highest BCUT2D eigenvalue weighted by Gasteiger charge is 2.39. The number of nitrogens with one attached hydrogen (secondary N) is 1. The van der Waals surface area contributed by atoms with Gasteiger partial charge in [-0.25, -0.2) is 9.59 Å². The second-order valence-corrected chi connectivity index (χ2v) is 6.48. The molecule has 0 bridgehead atoms. The van der Waals surface area contributed by atoms with Gasteiger partial charge in [0, 0.05) is 24.8 Å². The van der Waals surface area contributed by atoms with E-state index in [1.165, 1.54) is 17.7 Å². The maximum atomic E-state index is 12.0. The number of carbonyl (C=O) groups is 2. The van der Waals surface area contributed by atoms with Crippen LogP contribution in [0, 0.1) is 0 Å². The van der Waals surface area contributed by atoms with E-state index in [1.807, 2.05) is 11.8 Å². The zero-order chi connectivity index (χ0) is 13.8. The summed E-state index contributed by atoms with van der Waals surface area (Å²) < 4.78 is 0. The number of amides is 2. The molecule has 0 aliphatic carbocycles. The molecule has 0 saturated carbocycles. The number of thioether (sulfide) groups is 1. The van der Waals surface area contributed by atoms with Crippen LogP contribution >= 0.6 is 11.8 Å². The summed E-state index contributed by atoms with van der Waals surface area (Å²) >= 11 is 1.86. The first kappa shape index (κ1) is 14.5. The van der Waals surface area contributed by atoms with E-state index >= 15 is 0 Å². The van der Waals surface area contributed by atoms with Gasteiger partial charge in [0.15, 0.2) is 0 Å². The molecule has 3 unspecified atom stereocenters. The zero-order valence-electron chi connectivity index (χ0n) is 10.7. The molecular weight excluding hydrogens is 268 g/mol. The second-order valence-electron chi connectivity index (χ2n) is 5.07. The quantitative estimate of drug-likeness (QED) is 0.703. The molecule has 2 aliphatic rings. The third kappa shape index (κ3) is 3.76. The van der Waals surface area contributed by atoms with Gasteiger partial charge in [0.25, 0.3) is 0 Å². The van der Waals surface area contributed by atoms with E-state index < -0.39 is 18.1 Å². The number of rotatable bonds is 3. The van der Waals surface area contributed by atoms with E-state index in [4.69, 9.17) is 5.11 Å². The van der Waals surface area contributed by atoms with Gasteiger partial charge >= 0.3 is 12.0 Å². The number of hydrogen-bond donors (Lipinski definition) is 3. The van der Waals surface area contributed by atoms with Crippen molar-refractivity contribution in [2.75, 3.05) is 18.8 Å². The largest absolute Gasteiger partial charge is 0.480 e. The van der Waals surface area contributed by atoms with E-state index in [0.717, 1.165) is 12.2 Å². The molecule has 3 atom stereocenters. The highest BCUT2D eigenvalue weighted by atomic mass is 32.2. The molecule has 2 fully saturated rings. The van der Waals surface area contributed by atoms with Gasteiger partial charge in [0.1, 0.15) is 6.04 Å². The predicted octanol–water partition coefficient (Wildman–Crippen LogP) is 0.502. The highest BCUT2D eigenvalue weighted by molar-refractivity contribution is 7.99. The molecule has 2 saturated heterocycles. The van der Waals surface area contributed by atoms with Gasteiger partial charge in [0.05, 0.1) is 6.10 Å². The molecule has 108 valence electrons. The number of nitrogens with zero attached hydrogens (tertiary/aromatic N) is 1. The maximum Gasteiger partial charge on any atom is 0.326 e. The Morgan fingerprint density at radius 1 is 1.37 bits per heavy atom. The number of likely N-dealkylation sites (tertiary alicyclic amines) is 1. The Morgan fingerprint density at radius 2 is 2.16 bits per heavy atom. The number of carbonyl (C=O) groups excluding carboxylic acids is 1. The average molecular weight is 288 g/mol. The van der Waals surface area contributed by atoms with E-state index in [2.05, 4.69) is 5.32 Å². The topological polar surface area (TPSA) is 89.9 Å². The minimum atomic E-state index is -1.06. The molecule has 2 heterocycles. The summed E-state index contributed by atoms with van der Waals surface area (Å²) in [4.78, 5) is 24.2. The lowest BCUT2D eigenvalue weighted by atomic mass is 10.2. The van der Waals surface area contributed by atoms with Crippen molar-refractivity contribution in [2.24, 2.45) is 0 Å². The van der Waals surface area contributed by atoms with Crippen LogP contribution in [-0.4, -0.2) is 63.4 Å². The molecule has 0 aromatic carbocycles. The van der Waals surface area contributed by atoms with Gasteiger partial charge < -0.3 is 20.4 Å². The molecule has 2 rings (SSSR count). The molecule has 3 N–H and O–H groups in total. The summed E-state index contributed by atoms with van der Waals surface area (Å²) in [6.45, 7) is 0.670. The molecule has 19 heavy (non-hydrogen) atoms. The summed E-state index contributed by atoms with van der Waals surface area (Å²) in [6, 6.07) is -1.29. The number of carboxylic acid groups (broad SMARTS) is 1. The third-order valence-electron chi connectivity index (χ3n) is 3.58. The van der Waals surface area contributed by atoms with Crippen molar-refractivity contribution in [1.82, 2.24) is 10.2 Å². The monoisotopic (exact) mass is 288 g/mol. The lowest BCUT2D eigenvalue weighted by Crippen LogP contribution is -2.47. The minimum absolute atomic E-state index is 0.0978. The summed E-state index contributed by atoms with van der Waals surface area (Å²) in [5.41, 5.74) is 0. The van der Waals surface area contributed by atoms with Crippen LogP contribution in [0.5, 0.6) is 0 Å². The fourth-order valence-corrected chi connectivity index (χ4v) is 3.78. The van der Waals surface area contributed by atoms with Crippen LogP contribution < -0.4 is 5.32 Å². The lowest BCUT2D eigenvalue weighted by molar-refractivity contribution is -0.141. The van der Waals surface area contributed by atoms with Gasteiger partial charge in [0.2, 0.25) is 0 Å². The molecular formula is C12H20N2O4S. The zero-order valence-corrected chi connectivity index (χ0v) is 11.6. The van der Waals surface area contributed by atoms with Gasteiger partial charge in [-0.05, 0) is 18.6 Å². The van der Waals surface area contributed by atoms with Crippen molar-refractivity contribution < 1.29 is 19.8 Å². The highest BCUT2D eigenvalue weighted by Crippen LogP contribution is 2.24. The SMILES string of the molecule is O=C(O)C1CC(O)CN1C(=O)NCC1CCCCS1. The summed E-state index contributed by atoms with van der Waals surface area (Å²) in [7, 11) is 0. The molecule has 0 spiro atoms. The van der Waals surface area contributed by atoms with Crippen LogP contribution in [0.2, 0.25) is 0 Å². The van der Waals surface area contributed by atoms with Crippen molar-refractivity contribution in [3.63, 3.8) is 0 Å². The number of hydrogen-bond acceptors (Lipinski definition) is 4. The Morgan fingerprint density at radius 3 is 2.79 bits per heavy atom. The molecule has 7 heteroatoms. The van der Waals surface area contributed by atoms with Crippen LogP contribution in [0.1, 0.15) is 25.7 Å². The molecule has 0 aromatic heterocycles. The molecule has 0 radical (unpaired) electrons. The first-order valence-corrected chi connectivity index (χ1v) is 7.69. The Balaban J connectivity index is 1.82. The van der Waals surface area contributed by atoms with Crippen LogP contribution in [0.15, 0.2) is 0 Å². The predicted molar refractivity (Wildman–Crippen MR) is 72.2 cm³/mol. The van der Waals surface area contributed by atoms with Gasteiger partial charge in [-0.2, -0.15) is 11.8 Å². The second kappa shape index (κ2) is 6.47. The number of carboxylic acids is 1. The number of β-amino-alcohol motifs (C(OH)–C–C–N with tert-alkyl or cyclic N) is 1. The summed E-state index contributed by atoms with van der Waals surface area (Å²) in [5.74, 6) is 0.0690. The number of aliphatic carboxylic acids is 1. The fraction of sp³-hybridized carbons (Fsp3) is 0.833. The first-order valence-electron chi connectivity index (χ1n) is 6.65. The van der Waals surface area contributed by atoms with Crippen LogP contribution in [0.3, 0.4) is 0 Å². The number of aliphatic hydroxyl groups excluding tert-OH is 1. The lowest BCUT2D eigenvalue weighted by Gasteiger charge is -2.25. The van der Waals surface area contributed by atoms with Gasteiger partial charge in [-0.15, -0.1) is 0 Å². The van der Waals surface area contributed by atoms with E-state index in [9.17, 15) is 14.7 Å². The maximum absolute atomic E-state index is 12.0. The van der Waals surface area contributed by atoms with Crippen LogP contribution in [0.4, 0.5) is 4.79 Å². The standard InChI is InChI=1S/C12H20N2O4S/c15-8-5-10(11(16)17)14(7-8)12(18)13-6-9-3-1-2-4-19-9/h8-10,15H,1-7H2,(H,13,18)(H,16,17). The Hall–Kier alpha value is -0.950. The van der Waals surface area contributed by atoms with Crippen molar-refractivity contribution in [1.29, 1.82) is 0 Å². The fourth-order valence-electron chi connectivity index (χ4n) is 2.54. The van der Waals surface area contributed by atoms with Crippen LogP contribution in [0.25, 0.3) is 0 Å². The van der Waals surface area contributed by atoms with E-state index in [1.54, 1.807) is 0 Å².